The SMILES string of the molecule is CCCCCC(NCCN1CCOCC1)c1ccccc1. The fraction of sp³-hybridized carbons (Fsp3) is 0.667. The van der Waals surface area contributed by atoms with Crippen LogP contribution < -0.4 is 5.32 Å². The Bertz CT molecular complexity index is 363. The normalized spacial score (nSPS) is 17.8. The molecule has 0 aromatic heterocycles. The summed E-state index contributed by atoms with van der Waals surface area (Å²) in [5.74, 6) is 0. The molecule has 1 saturated heterocycles. The van der Waals surface area contributed by atoms with Crippen LogP contribution in [0, 0.1) is 0 Å². The van der Waals surface area contributed by atoms with Crippen molar-refractivity contribution in [2.24, 2.45) is 0 Å². The summed E-state index contributed by atoms with van der Waals surface area (Å²) in [5.41, 5.74) is 1.43. The summed E-state index contributed by atoms with van der Waals surface area (Å²) >= 11 is 0. The number of morpholine rings is 1. The van der Waals surface area contributed by atoms with Gasteiger partial charge in [-0.3, -0.25) is 4.90 Å². The molecule has 0 aliphatic carbocycles. The quantitative estimate of drug-likeness (QED) is 0.707. The Kier molecular flexibility index (Phi) is 7.79. The average molecular weight is 290 g/mol. The van der Waals surface area contributed by atoms with E-state index in [-0.39, 0.29) is 0 Å². The highest BCUT2D eigenvalue weighted by Crippen LogP contribution is 2.19. The molecular formula is C18H30N2O. The molecular weight excluding hydrogens is 260 g/mol. The van der Waals surface area contributed by atoms with E-state index in [4.69, 9.17) is 4.74 Å². The number of ether oxygens (including phenoxy) is 1. The second-order valence-electron chi connectivity index (χ2n) is 5.87. The van der Waals surface area contributed by atoms with Gasteiger partial charge in [0.15, 0.2) is 0 Å². The predicted octanol–water partition coefficient (Wildman–Crippen LogP) is 3.23. The number of nitrogens with zero attached hydrogens (tertiary/aromatic N) is 1. The third-order valence-electron chi connectivity index (χ3n) is 4.22. The molecule has 0 bridgehead atoms. The van der Waals surface area contributed by atoms with Crippen LogP contribution in [0.2, 0.25) is 0 Å². The molecule has 21 heavy (non-hydrogen) atoms. The molecule has 0 amide bonds. The fourth-order valence-corrected chi connectivity index (χ4v) is 2.89. The van der Waals surface area contributed by atoms with Crippen molar-refractivity contribution >= 4 is 0 Å². The number of unbranched alkanes of at least 4 members (excludes halogenated alkanes) is 2. The number of hydrogen-bond donors (Lipinski definition) is 1. The number of hydrogen-bond acceptors (Lipinski definition) is 3. The molecule has 1 atom stereocenters. The molecule has 118 valence electrons. The van der Waals surface area contributed by atoms with Crippen molar-refractivity contribution in [1.82, 2.24) is 10.2 Å². The van der Waals surface area contributed by atoms with Crippen molar-refractivity contribution in [3.05, 3.63) is 35.9 Å². The zero-order chi connectivity index (χ0) is 14.8. The van der Waals surface area contributed by atoms with Gasteiger partial charge in [0.25, 0.3) is 0 Å². The molecule has 1 aromatic carbocycles. The minimum Gasteiger partial charge on any atom is -0.379 e. The van der Waals surface area contributed by atoms with E-state index in [1.54, 1.807) is 0 Å². The molecule has 1 fully saturated rings. The van der Waals surface area contributed by atoms with Crippen molar-refractivity contribution in [2.45, 2.75) is 38.6 Å². The molecule has 1 N–H and O–H groups in total. The van der Waals surface area contributed by atoms with Crippen LogP contribution in [0.15, 0.2) is 30.3 Å². The van der Waals surface area contributed by atoms with E-state index in [0.29, 0.717) is 6.04 Å². The van der Waals surface area contributed by atoms with E-state index in [1.807, 2.05) is 0 Å². The van der Waals surface area contributed by atoms with E-state index in [1.165, 1.54) is 31.2 Å². The third-order valence-corrected chi connectivity index (χ3v) is 4.22. The summed E-state index contributed by atoms with van der Waals surface area (Å²) in [6, 6.07) is 11.4. The molecule has 0 spiro atoms. The summed E-state index contributed by atoms with van der Waals surface area (Å²) in [6.07, 6.45) is 5.16. The van der Waals surface area contributed by atoms with Gasteiger partial charge in [-0.2, -0.15) is 0 Å². The highest BCUT2D eigenvalue weighted by molar-refractivity contribution is 5.18. The van der Waals surface area contributed by atoms with Gasteiger partial charge in [0.2, 0.25) is 0 Å². The van der Waals surface area contributed by atoms with Gasteiger partial charge in [0, 0.05) is 32.2 Å². The highest BCUT2D eigenvalue weighted by Gasteiger charge is 2.13. The molecule has 2 rings (SSSR count). The summed E-state index contributed by atoms with van der Waals surface area (Å²) in [5, 5.41) is 3.76. The first-order chi connectivity index (χ1) is 10.4. The minimum absolute atomic E-state index is 0.499. The van der Waals surface area contributed by atoms with E-state index < -0.39 is 0 Å². The molecule has 1 heterocycles. The van der Waals surface area contributed by atoms with Crippen LogP contribution in [0.4, 0.5) is 0 Å². The second kappa shape index (κ2) is 9.93. The maximum absolute atomic E-state index is 5.40. The van der Waals surface area contributed by atoms with Gasteiger partial charge < -0.3 is 10.1 Å². The van der Waals surface area contributed by atoms with E-state index in [0.717, 1.165) is 39.4 Å². The zero-order valence-electron chi connectivity index (χ0n) is 13.4. The van der Waals surface area contributed by atoms with Crippen LogP contribution in [-0.4, -0.2) is 44.3 Å². The Morgan fingerprint density at radius 2 is 1.90 bits per heavy atom. The van der Waals surface area contributed by atoms with Gasteiger partial charge in [-0.05, 0) is 12.0 Å². The Labute approximate surface area is 129 Å². The van der Waals surface area contributed by atoms with E-state index in [9.17, 15) is 0 Å². The van der Waals surface area contributed by atoms with Crippen molar-refractivity contribution < 1.29 is 4.74 Å². The van der Waals surface area contributed by atoms with Crippen LogP contribution in [-0.2, 0) is 4.74 Å². The van der Waals surface area contributed by atoms with E-state index in [2.05, 4.69) is 47.5 Å². The van der Waals surface area contributed by atoms with Gasteiger partial charge in [-0.1, -0.05) is 56.5 Å². The second-order valence-corrected chi connectivity index (χ2v) is 5.87. The number of nitrogens with one attached hydrogen (secondary N) is 1. The first-order valence-corrected chi connectivity index (χ1v) is 8.48. The molecule has 3 heteroatoms. The molecule has 1 unspecified atom stereocenters. The smallest absolute Gasteiger partial charge is 0.0594 e. The highest BCUT2D eigenvalue weighted by atomic mass is 16.5. The van der Waals surface area contributed by atoms with Crippen LogP contribution in [0.3, 0.4) is 0 Å². The van der Waals surface area contributed by atoms with Crippen LogP contribution in [0.1, 0.15) is 44.2 Å². The van der Waals surface area contributed by atoms with Gasteiger partial charge in [0.05, 0.1) is 13.2 Å². The maximum atomic E-state index is 5.40. The van der Waals surface area contributed by atoms with Crippen LogP contribution in [0.5, 0.6) is 0 Å². The van der Waals surface area contributed by atoms with Gasteiger partial charge in [0.1, 0.15) is 0 Å². The number of rotatable bonds is 9. The Hall–Kier alpha value is -0.900. The van der Waals surface area contributed by atoms with Gasteiger partial charge in [-0.25, -0.2) is 0 Å². The Morgan fingerprint density at radius 3 is 2.62 bits per heavy atom. The summed E-state index contributed by atoms with van der Waals surface area (Å²) in [6.45, 7) is 8.38. The topological polar surface area (TPSA) is 24.5 Å². The lowest BCUT2D eigenvalue weighted by atomic mass is 10.0. The van der Waals surface area contributed by atoms with Crippen LogP contribution in [0.25, 0.3) is 0 Å². The monoisotopic (exact) mass is 290 g/mol. The largest absolute Gasteiger partial charge is 0.379 e. The van der Waals surface area contributed by atoms with E-state index >= 15 is 0 Å². The third kappa shape index (κ3) is 6.16. The predicted molar refractivity (Wildman–Crippen MR) is 88.6 cm³/mol. The Balaban J connectivity index is 1.77. The molecule has 1 aromatic rings. The van der Waals surface area contributed by atoms with Crippen molar-refractivity contribution in [1.29, 1.82) is 0 Å². The Morgan fingerprint density at radius 1 is 1.14 bits per heavy atom. The van der Waals surface area contributed by atoms with Crippen LogP contribution >= 0.6 is 0 Å². The molecule has 1 aliphatic rings. The molecule has 0 radical (unpaired) electrons. The lowest BCUT2D eigenvalue weighted by Gasteiger charge is -2.28. The summed E-state index contributed by atoms with van der Waals surface area (Å²) in [4.78, 5) is 2.49. The first kappa shape index (κ1) is 16.5. The average Bonchev–Trinajstić information content (AvgIpc) is 2.55. The molecule has 1 aliphatic heterocycles. The summed E-state index contributed by atoms with van der Waals surface area (Å²) in [7, 11) is 0. The van der Waals surface area contributed by atoms with Gasteiger partial charge in [-0.15, -0.1) is 0 Å². The standard InChI is InChI=1S/C18H30N2O/c1-2-3-5-10-18(17-8-6-4-7-9-17)19-11-12-20-13-15-21-16-14-20/h4,6-9,18-19H,2-3,5,10-16H2,1H3. The number of benzene rings is 1. The molecule has 0 saturated carbocycles. The van der Waals surface area contributed by atoms with Crippen molar-refractivity contribution in [3.8, 4) is 0 Å². The lowest BCUT2D eigenvalue weighted by molar-refractivity contribution is 0.0381. The van der Waals surface area contributed by atoms with Crippen molar-refractivity contribution in [3.63, 3.8) is 0 Å². The zero-order valence-corrected chi connectivity index (χ0v) is 13.4. The first-order valence-electron chi connectivity index (χ1n) is 8.48. The molecule has 3 nitrogen and oxygen atoms in total. The lowest BCUT2D eigenvalue weighted by Crippen LogP contribution is -2.40. The maximum Gasteiger partial charge on any atom is 0.0594 e. The minimum atomic E-state index is 0.499. The van der Waals surface area contributed by atoms with Gasteiger partial charge >= 0.3 is 0 Å². The fourth-order valence-electron chi connectivity index (χ4n) is 2.89. The van der Waals surface area contributed by atoms with Crippen molar-refractivity contribution in [2.75, 3.05) is 39.4 Å². The summed E-state index contributed by atoms with van der Waals surface area (Å²) < 4.78 is 5.40.